The molecule has 1 aliphatic carbocycles. The number of aryl methyl sites for hydroxylation is 1. The Morgan fingerprint density at radius 1 is 1.56 bits per heavy atom. The monoisotopic (exact) mass is 303 g/mol. The van der Waals surface area contributed by atoms with Gasteiger partial charge in [-0.05, 0) is 47.7 Å². The largest absolute Gasteiger partial charge is 0.393 e. The van der Waals surface area contributed by atoms with E-state index in [0.29, 0.717) is 5.92 Å². The molecule has 0 saturated heterocycles. The SMILES string of the molecule is Cc1sc(CNCC2CCCC2O)cc1Br. The predicted molar refractivity (Wildman–Crippen MR) is 71.8 cm³/mol. The van der Waals surface area contributed by atoms with Gasteiger partial charge in [0.1, 0.15) is 0 Å². The smallest absolute Gasteiger partial charge is 0.0580 e. The number of rotatable bonds is 4. The van der Waals surface area contributed by atoms with Crippen molar-refractivity contribution in [3.05, 3.63) is 20.3 Å². The van der Waals surface area contributed by atoms with Crippen molar-refractivity contribution < 1.29 is 5.11 Å². The van der Waals surface area contributed by atoms with Crippen molar-refractivity contribution in [3.8, 4) is 0 Å². The van der Waals surface area contributed by atoms with Gasteiger partial charge in [-0.1, -0.05) is 6.42 Å². The second kappa shape index (κ2) is 5.63. The summed E-state index contributed by atoms with van der Waals surface area (Å²) in [6, 6.07) is 2.18. The average Bonchev–Trinajstić information content (AvgIpc) is 2.76. The minimum atomic E-state index is -0.0793. The molecule has 90 valence electrons. The Morgan fingerprint density at radius 2 is 2.38 bits per heavy atom. The Bertz CT molecular complexity index is 333. The maximum Gasteiger partial charge on any atom is 0.0580 e. The second-order valence-corrected chi connectivity index (χ2v) is 6.70. The number of aliphatic hydroxyl groups excluding tert-OH is 1. The van der Waals surface area contributed by atoms with Gasteiger partial charge in [0, 0.05) is 27.3 Å². The van der Waals surface area contributed by atoms with Crippen molar-refractivity contribution in [3.63, 3.8) is 0 Å². The first-order valence-corrected chi connectivity index (χ1v) is 7.41. The first kappa shape index (κ1) is 12.6. The Balaban J connectivity index is 1.75. The third-order valence-electron chi connectivity index (χ3n) is 3.23. The Labute approximate surface area is 109 Å². The van der Waals surface area contributed by atoms with E-state index in [-0.39, 0.29) is 6.10 Å². The topological polar surface area (TPSA) is 32.3 Å². The van der Waals surface area contributed by atoms with Crippen LogP contribution < -0.4 is 5.32 Å². The van der Waals surface area contributed by atoms with E-state index in [1.54, 1.807) is 0 Å². The number of aliphatic hydroxyl groups is 1. The maximum absolute atomic E-state index is 9.69. The molecule has 1 aliphatic rings. The zero-order valence-electron chi connectivity index (χ0n) is 9.50. The molecular formula is C12H18BrNOS. The lowest BCUT2D eigenvalue weighted by atomic mass is 10.1. The van der Waals surface area contributed by atoms with Crippen LogP contribution in [0.5, 0.6) is 0 Å². The van der Waals surface area contributed by atoms with Crippen molar-refractivity contribution in [1.82, 2.24) is 5.32 Å². The van der Waals surface area contributed by atoms with E-state index in [0.717, 1.165) is 19.5 Å². The van der Waals surface area contributed by atoms with Crippen LogP contribution in [0, 0.1) is 12.8 Å². The van der Waals surface area contributed by atoms with Crippen LogP contribution in [0.4, 0.5) is 0 Å². The van der Waals surface area contributed by atoms with E-state index < -0.39 is 0 Å². The van der Waals surface area contributed by atoms with Gasteiger partial charge < -0.3 is 10.4 Å². The molecule has 0 radical (unpaired) electrons. The number of halogens is 1. The van der Waals surface area contributed by atoms with Gasteiger partial charge in [0.15, 0.2) is 0 Å². The number of hydrogen-bond donors (Lipinski definition) is 2. The highest BCUT2D eigenvalue weighted by atomic mass is 79.9. The average molecular weight is 304 g/mol. The van der Waals surface area contributed by atoms with Crippen LogP contribution in [0.3, 0.4) is 0 Å². The summed E-state index contributed by atoms with van der Waals surface area (Å²) in [5.41, 5.74) is 0. The van der Waals surface area contributed by atoms with Gasteiger partial charge in [-0.2, -0.15) is 0 Å². The molecule has 2 unspecified atom stereocenters. The Morgan fingerprint density at radius 3 is 2.94 bits per heavy atom. The highest BCUT2D eigenvalue weighted by Crippen LogP contribution is 2.27. The van der Waals surface area contributed by atoms with Crippen molar-refractivity contribution >= 4 is 27.3 Å². The Hall–Kier alpha value is 0.100. The first-order valence-electron chi connectivity index (χ1n) is 5.80. The summed E-state index contributed by atoms with van der Waals surface area (Å²) in [6.45, 7) is 3.98. The van der Waals surface area contributed by atoms with Gasteiger partial charge >= 0.3 is 0 Å². The molecule has 0 aromatic carbocycles. The normalized spacial score (nSPS) is 25.2. The van der Waals surface area contributed by atoms with Crippen molar-refractivity contribution in [2.75, 3.05) is 6.54 Å². The molecule has 1 aromatic rings. The molecule has 2 nitrogen and oxygen atoms in total. The summed E-state index contributed by atoms with van der Waals surface area (Å²) in [5, 5.41) is 13.1. The minimum Gasteiger partial charge on any atom is -0.393 e. The molecule has 16 heavy (non-hydrogen) atoms. The van der Waals surface area contributed by atoms with Crippen LogP contribution in [-0.4, -0.2) is 17.8 Å². The summed E-state index contributed by atoms with van der Waals surface area (Å²) in [4.78, 5) is 2.69. The third kappa shape index (κ3) is 3.06. The van der Waals surface area contributed by atoms with E-state index in [1.165, 1.54) is 27.1 Å². The summed E-state index contributed by atoms with van der Waals surface area (Å²) in [6.07, 6.45) is 3.25. The summed E-state index contributed by atoms with van der Waals surface area (Å²) >= 11 is 5.35. The number of thiophene rings is 1. The van der Waals surface area contributed by atoms with E-state index in [9.17, 15) is 5.11 Å². The summed E-state index contributed by atoms with van der Waals surface area (Å²) < 4.78 is 1.20. The van der Waals surface area contributed by atoms with Crippen LogP contribution in [0.15, 0.2) is 10.5 Å². The van der Waals surface area contributed by atoms with Crippen LogP contribution >= 0.6 is 27.3 Å². The van der Waals surface area contributed by atoms with Crippen molar-refractivity contribution in [2.24, 2.45) is 5.92 Å². The molecule has 1 fully saturated rings. The fourth-order valence-electron chi connectivity index (χ4n) is 2.24. The van der Waals surface area contributed by atoms with Crippen molar-refractivity contribution in [2.45, 2.75) is 38.8 Å². The molecule has 0 spiro atoms. The molecule has 0 amide bonds. The lowest BCUT2D eigenvalue weighted by Crippen LogP contribution is -2.27. The summed E-state index contributed by atoms with van der Waals surface area (Å²) in [7, 11) is 0. The number of hydrogen-bond acceptors (Lipinski definition) is 3. The minimum absolute atomic E-state index is 0.0793. The van der Waals surface area contributed by atoms with Gasteiger partial charge in [-0.25, -0.2) is 0 Å². The molecule has 4 heteroatoms. The number of nitrogens with one attached hydrogen (secondary N) is 1. The maximum atomic E-state index is 9.69. The van der Waals surface area contributed by atoms with Crippen molar-refractivity contribution in [1.29, 1.82) is 0 Å². The van der Waals surface area contributed by atoms with Gasteiger partial charge in [0.25, 0.3) is 0 Å². The zero-order valence-corrected chi connectivity index (χ0v) is 11.9. The molecule has 0 bridgehead atoms. The molecule has 2 atom stereocenters. The van der Waals surface area contributed by atoms with E-state index in [1.807, 2.05) is 11.3 Å². The van der Waals surface area contributed by atoms with E-state index >= 15 is 0 Å². The molecule has 1 heterocycles. The highest BCUT2D eigenvalue weighted by molar-refractivity contribution is 9.10. The standard InChI is InChI=1S/C12H18BrNOS/c1-8-11(13)5-10(16-8)7-14-6-9-3-2-4-12(9)15/h5,9,12,14-15H,2-4,6-7H2,1H3. The van der Waals surface area contributed by atoms with Crippen LogP contribution in [-0.2, 0) is 6.54 Å². The fraction of sp³-hybridized carbons (Fsp3) is 0.667. The van der Waals surface area contributed by atoms with Gasteiger partial charge in [0.2, 0.25) is 0 Å². The second-order valence-electron chi connectivity index (χ2n) is 4.51. The first-order chi connectivity index (χ1) is 7.66. The predicted octanol–water partition coefficient (Wildman–Crippen LogP) is 3.07. The summed E-state index contributed by atoms with van der Waals surface area (Å²) in [5.74, 6) is 0.462. The van der Waals surface area contributed by atoms with Gasteiger partial charge in [-0.3, -0.25) is 0 Å². The molecule has 0 aliphatic heterocycles. The molecular weight excluding hydrogens is 286 g/mol. The third-order valence-corrected chi connectivity index (χ3v) is 5.37. The Kier molecular flexibility index (Phi) is 4.41. The molecule has 2 N–H and O–H groups in total. The van der Waals surface area contributed by atoms with Crippen LogP contribution in [0.2, 0.25) is 0 Å². The fourth-order valence-corrected chi connectivity index (χ4v) is 3.81. The molecule has 1 saturated carbocycles. The van der Waals surface area contributed by atoms with Gasteiger partial charge in [0.05, 0.1) is 6.10 Å². The van der Waals surface area contributed by atoms with Gasteiger partial charge in [-0.15, -0.1) is 11.3 Å². The molecule has 2 rings (SSSR count). The zero-order chi connectivity index (χ0) is 11.5. The molecule has 1 aromatic heterocycles. The van der Waals surface area contributed by atoms with E-state index in [4.69, 9.17) is 0 Å². The quantitative estimate of drug-likeness (QED) is 0.896. The lowest BCUT2D eigenvalue weighted by molar-refractivity contribution is 0.131. The van der Waals surface area contributed by atoms with Crippen LogP contribution in [0.1, 0.15) is 29.0 Å². The highest BCUT2D eigenvalue weighted by Gasteiger charge is 2.24. The van der Waals surface area contributed by atoms with Crippen LogP contribution in [0.25, 0.3) is 0 Å². The lowest BCUT2D eigenvalue weighted by Gasteiger charge is -2.14. The van der Waals surface area contributed by atoms with E-state index in [2.05, 4.69) is 34.2 Å².